The number of hydrogen-bond donors (Lipinski definition) is 1. The van der Waals surface area contributed by atoms with Crippen molar-refractivity contribution in [1.82, 2.24) is 19.2 Å². The van der Waals surface area contributed by atoms with Crippen LogP contribution in [0, 0.1) is 19.8 Å². The van der Waals surface area contributed by atoms with Gasteiger partial charge in [0, 0.05) is 40.8 Å². The number of aliphatic hydroxyl groups excluding tert-OH is 1. The minimum atomic E-state index is -0.0233. The van der Waals surface area contributed by atoms with E-state index in [1.54, 1.807) is 21.8 Å². The summed E-state index contributed by atoms with van der Waals surface area (Å²) >= 11 is 1.57. The largest absolute Gasteiger partial charge is 0.396 e. The number of fused-ring (bicyclic) bond motifs is 1. The van der Waals surface area contributed by atoms with Gasteiger partial charge in [-0.3, -0.25) is 13.9 Å². The maximum absolute atomic E-state index is 12.8. The Hall–Kier alpha value is -1.99. The first kappa shape index (κ1) is 16.2. The van der Waals surface area contributed by atoms with Crippen LogP contribution < -0.4 is 5.56 Å². The Bertz CT molecular complexity index is 1060. The van der Waals surface area contributed by atoms with Crippen molar-refractivity contribution >= 4 is 16.3 Å². The van der Waals surface area contributed by atoms with Gasteiger partial charge in [0.25, 0.3) is 5.56 Å². The van der Waals surface area contributed by atoms with E-state index in [9.17, 15) is 9.90 Å². The molecule has 0 amide bonds. The molecule has 136 valence electrons. The molecule has 7 heteroatoms. The van der Waals surface area contributed by atoms with E-state index < -0.39 is 0 Å². The Morgan fingerprint density at radius 2 is 2.12 bits per heavy atom. The lowest BCUT2D eigenvalue weighted by Gasteiger charge is -2.07. The zero-order valence-electron chi connectivity index (χ0n) is 15.0. The zero-order chi connectivity index (χ0) is 18.0. The second kappa shape index (κ2) is 5.76. The van der Waals surface area contributed by atoms with Crippen molar-refractivity contribution in [2.45, 2.75) is 51.5 Å². The summed E-state index contributed by atoms with van der Waals surface area (Å²) < 4.78 is 3.76. The molecule has 0 spiro atoms. The predicted molar refractivity (Wildman–Crippen MR) is 100 cm³/mol. The second-order valence-corrected chi connectivity index (χ2v) is 8.86. The van der Waals surface area contributed by atoms with Gasteiger partial charge in [0.1, 0.15) is 0 Å². The van der Waals surface area contributed by atoms with Gasteiger partial charge in [0.05, 0.1) is 17.9 Å². The molecule has 5 rings (SSSR count). The van der Waals surface area contributed by atoms with Crippen molar-refractivity contribution in [3.63, 3.8) is 0 Å². The lowest BCUT2D eigenvalue weighted by Crippen LogP contribution is -2.18. The number of aliphatic hydroxyl groups is 1. The van der Waals surface area contributed by atoms with Crippen molar-refractivity contribution in [1.29, 1.82) is 0 Å². The molecule has 0 bridgehead atoms. The molecule has 2 aliphatic carbocycles. The van der Waals surface area contributed by atoms with Crippen molar-refractivity contribution < 1.29 is 5.11 Å². The van der Waals surface area contributed by atoms with E-state index in [1.807, 2.05) is 18.5 Å². The Morgan fingerprint density at radius 3 is 2.81 bits per heavy atom. The van der Waals surface area contributed by atoms with E-state index in [-0.39, 0.29) is 24.0 Å². The van der Waals surface area contributed by atoms with Crippen LogP contribution >= 0.6 is 11.3 Å². The highest BCUT2D eigenvalue weighted by molar-refractivity contribution is 7.17. The smallest absolute Gasteiger partial charge is 0.259 e. The van der Waals surface area contributed by atoms with E-state index in [0.29, 0.717) is 12.5 Å². The lowest BCUT2D eigenvalue weighted by molar-refractivity contribution is 0.273. The maximum atomic E-state index is 12.8. The third kappa shape index (κ3) is 2.61. The topological polar surface area (TPSA) is 72.4 Å². The highest BCUT2D eigenvalue weighted by Crippen LogP contribution is 2.49. The number of hydrogen-bond acceptors (Lipinski definition) is 5. The second-order valence-electron chi connectivity index (χ2n) is 7.67. The van der Waals surface area contributed by atoms with Crippen LogP contribution in [0.25, 0.3) is 4.96 Å². The van der Waals surface area contributed by atoms with Gasteiger partial charge < -0.3 is 5.11 Å². The summed E-state index contributed by atoms with van der Waals surface area (Å²) in [5.41, 5.74) is 4.06. The fourth-order valence-corrected chi connectivity index (χ4v) is 5.05. The highest BCUT2D eigenvalue weighted by atomic mass is 32.1. The van der Waals surface area contributed by atoms with Crippen LogP contribution in [-0.2, 0) is 6.54 Å². The maximum Gasteiger partial charge on any atom is 0.259 e. The molecule has 2 atom stereocenters. The summed E-state index contributed by atoms with van der Waals surface area (Å²) in [6.45, 7) is 4.78. The molecule has 2 fully saturated rings. The third-order valence-corrected chi connectivity index (χ3v) is 6.51. The van der Waals surface area contributed by atoms with Crippen molar-refractivity contribution in [3.05, 3.63) is 50.1 Å². The monoisotopic (exact) mass is 370 g/mol. The van der Waals surface area contributed by atoms with E-state index in [2.05, 4.69) is 11.2 Å². The van der Waals surface area contributed by atoms with Crippen LogP contribution in [-0.4, -0.2) is 30.9 Å². The summed E-state index contributed by atoms with van der Waals surface area (Å²) in [4.78, 5) is 19.5. The molecular weight excluding hydrogens is 348 g/mol. The molecule has 0 radical (unpaired) electrons. The van der Waals surface area contributed by atoms with E-state index >= 15 is 0 Å². The van der Waals surface area contributed by atoms with Gasteiger partial charge in [0.15, 0.2) is 4.96 Å². The lowest BCUT2D eigenvalue weighted by atomic mass is 10.2. The van der Waals surface area contributed by atoms with Gasteiger partial charge >= 0.3 is 0 Å². The van der Waals surface area contributed by atoms with Gasteiger partial charge in [-0.1, -0.05) is 0 Å². The first-order valence-corrected chi connectivity index (χ1v) is 10.0. The van der Waals surface area contributed by atoms with E-state index in [0.717, 1.165) is 33.3 Å². The highest BCUT2D eigenvalue weighted by Gasteiger charge is 2.41. The predicted octanol–water partition coefficient (Wildman–Crippen LogP) is 2.59. The molecule has 2 aliphatic rings. The normalized spacial score (nSPS) is 22.3. The van der Waals surface area contributed by atoms with Crippen molar-refractivity contribution in [2.75, 3.05) is 6.61 Å². The molecule has 6 nitrogen and oxygen atoms in total. The summed E-state index contributed by atoms with van der Waals surface area (Å²) in [6, 6.07) is 3.80. The van der Waals surface area contributed by atoms with Crippen molar-refractivity contribution in [2.24, 2.45) is 5.92 Å². The first-order chi connectivity index (χ1) is 12.5. The number of thiazole rings is 1. The van der Waals surface area contributed by atoms with Gasteiger partial charge in [-0.05, 0) is 45.1 Å². The van der Waals surface area contributed by atoms with Gasteiger partial charge in [-0.15, -0.1) is 11.3 Å². The van der Waals surface area contributed by atoms with Crippen LogP contribution in [0.15, 0.2) is 16.9 Å². The molecule has 26 heavy (non-hydrogen) atoms. The summed E-state index contributed by atoms with van der Waals surface area (Å²) in [5, 5.41) is 14.0. The molecular formula is C19H22N4O2S. The Labute approximate surface area is 155 Å². The quantitative estimate of drug-likeness (QED) is 0.749. The molecule has 0 unspecified atom stereocenters. The molecule has 3 heterocycles. The number of rotatable bonds is 5. The van der Waals surface area contributed by atoms with E-state index in [1.165, 1.54) is 18.5 Å². The Kier molecular flexibility index (Phi) is 3.59. The molecule has 0 aliphatic heterocycles. The van der Waals surface area contributed by atoms with Gasteiger partial charge in [0.2, 0.25) is 0 Å². The minimum Gasteiger partial charge on any atom is -0.396 e. The standard InChI is InChI=1S/C19H22N4O2S/c1-10-5-16(12-3-4-12)22(21-10)8-14-7-17(25)23-18(15-6-13(15)9-24)11(2)26-19(23)20-14/h5,7,12-13,15,24H,3-4,6,8-9H2,1-2H3/t13-,15+/m0/s1. The zero-order valence-corrected chi connectivity index (χ0v) is 15.8. The number of aryl methyl sites for hydroxylation is 2. The van der Waals surface area contributed by atoms with Crippen molar-refractivity contribution in [3.8, 4) is 0 Å². The SMILES string of the molecule is Cc1cc(C2CC2)n(Cc2cc(=O)n3c([C@@H]4C[C@H]4CO)c(C)sc3n2)n1. The summed E-state index contributed by atoms with van der Waals surface area (Å²) in [7, 11) is 0. The number of nitrogens with zero attached hydrogens (tertiary/aromatic N) is 4. The average molecular weight is 370 g/mol. The van der Waals surface area contributed by atoms with E-state index in [4.69, 9.17) is 4.98 Å². The van der Waals surface area contributed by atoms with Crippen LogP contribution in [0.5, 0.6) is 0 Å². The first-order valence-electron chi connectivity index (χ1n) is 9.22. The molecule has 1 N–H and O–H groups in total. The fourth-order valence-electron chi connectivity index (χ4n) is 3.99. The summed E-state index contributed by atoms with van der Waals surface area (Å²) in [6.07, 6.45) is 3.40. The van der Waals surface area contributed by atoms with Crippen LogP contribution in [0.2, 0.25) is 0 Å². The number of aromatic nitrogens is 4. The molecule has 3 aromatic heterocycles. The van der Waals surface area contributed by atoms with Gasteiger partial charge in [-0.2, -0.15) is 5.10 Å². The van der Waals surface area contributed by atoms with Crippen LogP contribution in [0.3, 0.4) is 0 Å². The Balaban J connectivity index is 1.54. The fraction of sp³-hybridized carbons (Fsp3) is 0.526. The molecule has 2 saturated carbocycles. The molecule has 0 saturated heterocycles. The Morgan fingerprint density at radius 1 is 1.31 bits per heavy atom. The molecule has 0 aromatic carbocycles. The van der Waals surface area contributed by atoms with Crippen LogP contribution in [0.1, 0.15) is 58.8 Å². The third-order valence-electron chi connectivity index (χ3n) is 5.54. The molecule has 3 aromatic rings. The van der Waals surface area contributed by atoms with Crippen LogP contribution in [0.4, 0.5) is 0 Å². The summed E-state index contributed by atoms with van der Waals surface area (Å²) in [5.74, 6) is 1.18. The van der Waals surface area contributed by atoms with Gasteiger partial charge in [-0.25, -0.2) is 4.98 Å². The average Bonchev–Trinajstić information content (AvgIpc) is 3.50. The minimum absolute atomic E-state index is 0.0233.